The van der Waals surface area contributed by atoms with Gasteiger partial charge >= 0.3 is 0 Å². The molecule has 0 aliphatic heterocycles. The van der Waals surface area contributed by atoms with Crippen LogP contribution >= 0.6 is 0 Å². The lowest BCUT2D eigenvalue weighted by Crippen LogP contribution is -2.74. The predicted molar refractivity (Wildman–Crippen MR) is 295 cm³/mol. The summed E-state index contributed by atoms with van der Waals surface area (Å²) in [6.07, 6.45) is 0. The summed E-state index contributed by atoms with van der Waals surface area (Å²) in [7, 11) is -2.75. The van der Waals surface area contributed by atoms with Gasteiger partial charge in [-0.05, 0) is 121 Å². The van der Waals surface area contributed by atoms with E-state index >= 15 is 0 Å². The minimum atomic E-state index is -2.75. The van der Waals surface area contributed by atoms with Gasteiger partial charge in [0.25, 0.3) is 0 Å². The molecule has 0 saturated carbocycles. The highest BCUT2D eigenvalue weighted by Crippen LogP contribution is 2.40. The molecule has 0 radical (unpaired) electrons. The van der Waals surface area contributed by atoms with Gasteiger partial charge in [0, 0.05) is 32.9 Å². The zero-order chi connectivity index (χ0) is 45.7. The fourth-order valence-corrected chi connectivity index (χ4v) is 15.9. The van der Waals surface area contributed by atoms with E-state index in [2.05, 4.69) is 288 Å². The average Bonchev–Trinajstić information content (AvgIpc) is 3.95. The monoisotopic (exact) mass is 894 g/mol. The van der Waals surface area contributed by atoms with Crippen molar-refractivity contribution in [1.82, 2.24) is 9.13 Å². The van der Waals surface area contributed by atoms with Crippen LogP contribution in [0, 0.1) is 0 Å². The molecule has 0 unspecified atom stereocenters. The summed E-state index contributed by atoms with van der Waals surface area (Å²) in [4.78, 5) is 0. The van der Waals surface area contributed by atoms with Crippen molar-refractivity contribution < 1.29 is 0 Å². The third-order valence-corrected chi connectivity index (χ3v) is 19.0. The molecule has 0 saturated heterocycles. The van der Waals surface area contributed by atoms with E-state index in [-0.39, 0.29) is 0 Å². The second-order valence-electron chi connectivity index (χ2n) is 18.1. The fourth-order valence-electron chi connectivity index (χ4n) is 11.1. The Kier molecular flexibility index (Phi) is 9.88. The molecule has 0 aliphatic carbocycles. The number of aromatic nitrogens is 2. The van der Waals surface area contributed by atoms with Gasteiger partial charge in [-0.2, -0.15) is 0 Å². The highest BCUT2D eigenvalue weighted by molar-refractivity contribution is 7.19. The number of hydrogen-bond donors (Lipinski definition) is 0. The van der Waals surface area contributed by atoms with Crippen LogP contribution in [-0.2, 0) is 0 Å². The summed E-state index contributed by atoms with van der Waals surface area (Å²) in [5.41, 5.74) is 14.2. The Hall–Kier alpha value is -8.76. The lowest BCUT2D eigenvalue weighted by molar-refractivity contribution is 1.18. The van der Waals surface area contributed by atoms with E-state index in [9.17, 15) is 0 Å². The molecule has 2 heterocycles. The Labute approximate surface area is 403 Å². The number of nitrogens with zero attached hydrogens (tertiary/aromatic N) is 2. The summed E-state index contributed by atoms with van der Waals surface area (Å²) >= 11 is 0. The van der Waals surface area contributed by atoms with Crippen LogP contribution in [0.2, 0.25) is 0 Å². The number of hydrogen-bond acceptors (Lipinski definition) is 0. The van der Waals surface area contributed by atoms with Crippen molar-refractivity contribution in [3.8, 4) is 44.8 Å². The van der Waals surface area contributed by atoms with Crippen LogP contribution in [0.1, 0.15) is 0 Å². The van der Waals surface area contributed by atoms with E-state index in [1.807, 2.05) is 0 Å². The van der Waals surface area contributed by atoms with Crippen LogP contribution in [0.15, 0.2) is 279 Å². The van der Waals surface area contributed by atoms with Crippen molar-refractivity contribution >= 4 is 72.4 Å². The Balaban J connectivity index is 0.966. The van der Waals surface area contributed by atoms with E-state index < -0.39 is 8.07 Å². The molecule has 13 rings (SSSR count). The van der Waals surface area contributed by atoms with Gasteiger partial charge in [-0.3, -0.25) is 0 Å². The van der Waals surface area contributed by atoms with Crippen LogP contribution in [0.5, 0.6) is 0 Å². The zero-order valence-electron chi connectivity index (χ0n) is 38.0. The first-order valence-electron chi connectivity index (χ1n) is 23.8. The minimum absolute atomic E-state index is 1.14. The van der Waals surface area contributed by atoms with Crippen molar-refractivity contribution in [2.75, 3.05) is 0 Å². The van der Waals surface area contributed by atoms with E-state index in [1.54, 1.807) is 0 Å². The average molecular weight is 895 g/mol. The maximum absolute atomic E-state index is 2.75. The lowest BCUT2D eigenvalue weighted by Gasteiger charge is -2.34. The molecule has 0 aliphatic rings. The zero-order valence-corrected chi connectivity index (χ0v) is 39.0. The minimum Gasteiger partial charge on any atom is -0.309 e. The highest BCUT2D eigenvalue weighted by atomic mass is 28.3. The second kappa shape index (κ2) is 16.8. The van der Waals surface area contributed by atoms with Gasteiger partial charge in [0.15, 0.2) is 8.07 Å². The largest absolute Gasteiger partial charge is 0.309 e. The molecule has 0 fully saturated rings. The number of para-hydroxylation sites is 2. The molecule has 0 N–H and O–H groups in total. The van der Waals surface area contributed by atoms with Crippen LogP contribution in [0.4, 0.5) is 0 Å². The maximum Gasteiger partial charge on any atom is 0.179 e. The van der Waals surface area contributed by atoms with Crippen molar-refractivity contribution in [1.29, 1.82) is 0 Å². The highest BCUT2D eigenvalue weighted by Gasteiger charge is 2.41. The quantitative estimate of drug-likeness (QED) is 0.101. The van der Waals surface area contributed by atoms with E-state index in [1.165, 1.54) is 97.7 Å². The standard InChI is InChI=1S/C66H46N2Si/c1-6-21-47(22-7-1)51-41-52(48-23-8-2-9-24-48)43-54(42-51)68-64-36-19-17-34-60(64)62-45-50(38-40-66(62)68)49-37-39-65-61(44-49)59-33-16-18-35-63(59)67(65)53-25-20-32-58(46-53)69(55-26-10-3-11-27-55,56-28-12-4-13-29-56)57-30-14-5-15-31-57/h1-46H. The number of fused-ring (bicyclic) bond motifs is 6. The lowest BCUT2D eigenvalue weighted by atomic mass is 9.98. The molecule has 0 amide bonds. The summed E-state index contributed by atoms with van der Waals surface area (Å²) < 4.78 is 4.92. The van der Waals surface area contributed by atoms with E-state index in [4.69, 9.17) is 0 Å². The number of rotatable bonds is 9. The van der Waals surface area contributed by atoms with Crippen LogP contribution in [0.3, 0.4) is 0 Å². The van der Waals surface area contributed by atoms with Crippen molar-refractivity contribution in [3.63, 3.8) is 0 Å². The third-order valence-electron chi connectivity index (χ3n) is 14.2. The van der Waals surface area contributed by atoms with Crippen molar-refractivity contribution in [3.05, 3.63) is 279 Å². The van der Waals surface area contributed by atoms with E-state index in [0.29, 0.717) is 0 Å². The first-order valence-corrected chi connectivity index (χ1v) is 25.8. The fraction of sp³-hybridized carbons (Fsp3) is 0. The molecule has 11 aromatic carbocycles. The third kappa shape index (κ3) is 6.78. The summed E-state index contributed by atoms with van der Waals surface area (Å²) in [5.74, 6) is 0. The Morgan fingerprint density at radius 2 is 0.580 bits per heavy atom. The van der Waals surface area contributed by atoms with E-state index in [0.717, 1.165) is 11.4 Å². The van der Waals surface area contributed by atoms with Crippen molar-refractivity contribution in [2.45, 2.75) is 0 Å². The van der Waals surface area contributed by atoms with Gasteiger partial charge in [-0.1, -0.05) is 212 Å². The summed E-state index contributed by atoms with van der Waals surface area (Å²) in [6, 6.07) is 103. The summed E-state index contributed by atoms with van der Waals surface area (Å²) in [6.45, 7) is 0. The molecular formula is C66H46N2Si. The predicted octanol–water partition coefficient (Wildman–Crippen LogP) is 14.3. The van der Waals surface area contributed by atoms with Gasteiger partial charge in [0.2, 0.25) is 0 Å². The maximum atomic E-state index is 2.47. The van der Waals surface area contributed by atoms with Gasteiger partial charge in [-0.15, -0.1) is 0 Å². The normalized spacial score (nSPS) is 11.8. The van der Waals surface area contributed by atoms with Crippen molar-refractivity contribution in [2.24, 2.45) is 0 Å². The Morgan fingerprint density at radius 1 is 0.203 bits per heavy atom. The first kappa shape index (κ1) is 40.5. The van der Waals surface area contributed by atoms with Gasteiger partial charge in [0.1, 0.15) is 0 Å². The molecule has 0 atom stereocenters. The molecule has 0 bridgehead atoms. The Morgan fingerprint density at radius 3 is 1.04 bits per heavy atom. The van der Waals surface area contributed by atoms with Crippen LogP contribution in [-0.4, -0.2) is 17.2 Å². The summed E-state index contributed by atoms with van der Waals surface area (Å²) in [5, 5.41) is 10.4. The molecule has 2 nitrogen and oxygen atoms in total. The molecule has 2 aromatic heterocycles. The van der Waals surface area contributed by atoms with Gasteiger partial charge in [-0.25, -0.2) is 0 Å². The molecule has 324 valence electrons. The molecule has 69 heavy (non-hydrogen) atoms. The van der Waals surface area contributed by atoms with Crippen LogP contribution < -0.4 is 20.7 Å². The smallest absolute Gasteiger partial charge is 0.179 e. The Bertz CT molecular complexity index is 3830. The van der Waals surface area contributed by atoms with Crippen LogP contribution in [0.25, 0.3) is 88.4 Å². The molecule has 0 spiro atoms. The SMILES string of the molecule is c1ccc(-c2cc(-c3ccccc3)cc(-n3c4ccccc4c4cc(-c5ccc6c(c5)c5ccccc5n6-c5cccc([Si](c6ccccc6)(c6ccccc6)c6ccccc6)c5)ccc43)c2)cc1. The first-order chi connectivity index (χ1) is 34.2. The second-order valence-corrected chi connectivity index (χ2v) is 21.9. The van der Waals surface area contributed by atoms with Gasteiger partial charge in [0.05, 0.1) is 22.1 Å². The molecular weight excluding hydrogens is 849 g/mol. The molecule has 3 heteroatoms. The topological polar surface area (TPSA) is 9.86 Å². The van der Waals surface area contributed by atoms with Gasteiger partial charge < -0.3 is 9.13 Å². The molecule has 13 aromatic rings. The number of benzene rings is 11.